The molecule has 0 aliphatic rings. The van der Waals surface area contributed by atoms with Crippen LogP contribution in [0, 0.1) is 13.8 Å². The topological polar surface area (TPSA) is 26.1 Å². The van der Waals surface area contributed by atoms with Crippen LogP contribution in [0.3, 0.4) is 0 Å². The van der Waals surface area contributed by atoms with Crippen molar-refractivity contribution in [1.82, 2.24) is 5.32 Å². The summed E-state index contributed by atoms with van der Waals surface area (Å²) in [4.78, 5) is 0. The SMILES string of the molecule is C[N-]C(C)(C)C.[CH2-]CNC[CH2-].[Y+3]. The van der Waals surface area contributed by atoms with E-state index >= 15 is 0 Å². The molecular weight excluding hydrogens is 225 g/mol. The van der Waals surface area contributed by atoms with Gasteiger partial charge in [0.2, 0.25) is 0 Å². The Morgan fingerprint density at radius 2 is 1.42 bits per heavy atom. The van der Waals surface area contributed by atoms with Gasteiger partial charge >= 0.3 is 32.7 Å². The van der Waals surface area contributed by atoms with Gasteiger partial charge in [0.05, 0.1) is 0 Å². The van der Waals surface area contributed by atoms with Crippen molar-refractivity contribution in [2.75, 3.05) is 20.1 Å². The van der Waals surface area contributed by atoms with E-state index in [2.05, 4.69) is 45.3 Å². The number of hydrogen-bond donors (Lipinski definition) is 1. The second kappa shape index (κ2) is 12.0. The molecule has 12 heavy (non-hydrogen) atoms. The van der Waals surface area contributed by atoms with Gasteiger partial charge in [-0.2, -0.15) is 7.05 Å². The molecule has 70 valence electrons. The molecule has 2 nitrogen and oxygen atoms in total. The molecule has 0 unspecified atom stereocenters. The fourth-order valence-corrected chi connectivity index (χ4v) is 0.125. The first-order valence-electron chi connectivity index (χ1n) is 3.88. The Kier molecular flexibility index (Phi) is 18.8. The van der Waals surface area contributed by atoms with E-state index in [4.69, 9.17) is 0 Å². The fourth-order valence-electron chi connectivity index (χ4n) is 0.125. The molecule has 0 saturated heterocycles. The van der Waals surface area contributed by atoms with Crippen LogP contribution in [-0.2, 0) is 32.7 Å². The van der Waals surface area contributed by atoms with Gasteiger partial charge < -0.3 is 24.5 Å². The quantitative estimate of drug-likeness (QED) is 0.741. The normalized spacial score (nSPS) is 9.50. The average molecular weight is 246 g/mol. The zero-order valence-electron chi connectivity index (χ0n) is 8.85. The molecule has 0 aromatic carbocycles. The Morgan fingerprint density at radius 3 is 1.42 bits per heavy atom. The predicted molar refractivity (Wildman–Crippen MR) is 52.6 cm³/mol. The summed E-state index contributed by atoms with van der Waals surface area (Å²) < 4.78 is 0. The Balaban J connectivity index is -0.000000126. The van der Waals surface area contributed by atoms with Crippen LogP contribution in [0.25, 0.3) is 5.32 Å². The molecule has 0 bridgehead atoms. The summed E-state index contributed by atoms with van der Waals surface area (Å²) in [6, 6.07) is 0. The van der Waals surface area contributed by atoms with Gasteiger partial charge in [0, 0.05) is 0 Å². The van der Waals surface area contributed by atoms with Crippen LogP contribution in [-0.4, -0.2) is 25.7 Å². The summed E-state index contributed by atoms with van der Waals surface area (Å²) in [5.41, 5.74) is 0.167. The Hall–Kier alpha value is 1.02. The van der Waals surface area contributed by atoms with Crippen LogP contribution in [0.1, 0.15) is 20.8 Å². The molecule has 0 rings (SSSR count). The molecule has 0 aliphatic carbocycles. The molecule has 0 aromatic rings. The summed E-state index contributed by atoms with van der Waals surface area (Å²) in [5.74, 6) is 0. The van der Waals surface area contributed by atoms with E-state index in [0.29, 0.717) is 0 Å². The van der Waals surface area contributed by atoms with Crippen LogP contribution in [0.15, 0.2) is 0 Å². The molecule has 0 aliphatic heterocycles. The van der Waals surface area contributed by atoms with Gasteiger partial charge in [0.1, 0.15) is 0 Å². The fraction of sp³-hybridized carbons (Fsp3) is 0.778. The molecule has 0 saturated carbocycles. The van der Waals surface area contributed by atoms with Crippen LogP contribution in [0.5, 0.6) is 0 Å². The second-order valence-corrected chi connectivity index (χ2v) is 3.14. The zero-order valence-corrected chi connectivity index (χ0v) is 11.7. The van der Waals surface area contributed by atoms with E-state index in [1.807, 2.05) is 7.05 Å². The molecule has 0 aromatic heterocycles. The van der Waals surface area contributed by atoms with Crippen LogP contribution in [0.4, 0.5) is 0 Å². The zero-order chi connectivity index (χ0) is 9.33. The summed E-state index contributed by atoms with van der Waals surface area (Å²) in [6.45, 7) is 14.8. The predicted octanol–water partition coefficient (Wildman–Crippen LogP) is 2.03. The van der Waals surface area contributed by atoms with E-state index in [9.17, 15) is 0 Å². The summed E-state index contributed by atoms with van der Waals surface area (Å²) in [5, 5.41) is 6.91. The van der Waals surface area contributed by atoms with Crippen molar-refractivity contribution in [1.29, 1.82) is 0 Å². The Bertz CT molecular complexity index is 67.4. The number of nitrogens with one attached hydrogen (secondary N) is 1. The minimum absolute atomic E-state index is 0. The minimum atomic E-state index is 0. The van der Waals surface area contributed by atoms with E-state index in [0.717, 1.165) is 13.1 Å². The third kappa shape index (κ3) is 30.5. The average Bonchev–Trinajstić information content (AvgIpc) is 1.90. The molecular formula is C9H21N2Y. The van der Waals surface area contributed by atoms with Crippen molar-refractivity contribution < 1.29 is 32.7 Å². The minimum Gasteiger partial charge on any atom is -0.660 e. The van der Waals surface area contributed by atoms with Gasteiger partial charge in [-0.3, -0.25) is 0 Å². The van der Waals surface area contributed by atoms with Crippen molar-refractivity contribution >= 4 is 0 Å². The summed E-state index contributed by atoms with van der Waals surface area (Å²) in [7, 11) is 1.83. The molecule has 0 spiro atoms. The van der Waals surface area contributed by atoms with Crippen molar-refractivity contribution in [3.63, 3.8) is 0 Å². The van der Waals surface area contributed by atoms with Crippen LogP contribution < -0.4 is 5.32 Å². The van der Waals surface area contributed by atoms with Crippen molar-refractivity contribution in [3.05, 3.63) is 19.2 Å². The summed E-state index contributed by atoms with van der Waals surface area (Å²) in [6.07, 6.45) is 0. The third-order valence-corrected chi connectivity index (χ3v) is 1.02. The van der Waals surface area contributed by atoms with E-state index in [-0.39, 0.29) is 38.2 Å². The van der Waals surface area contributed by atoms with E-state index in [1.54, 1.807) is 0 Å². The smallest absolute Gasteiger partial charge is 0.660 e. The standard InChI is InChI=1S/C5H12N.C4H9N.Y/c1-5(2,3)6-4;1-3-5-4-2;/h1-4H3;5H,1-4H2;/q-1;-2;+3. The first kappa shape index (κ1) is 18.7. The first-order valence-corrected chi connectivity index (χ1v) is 3.88. The third-order valence-electron chi connectivity index (χ3n) is 1.02. The van der Waals surface area contributed by atoms with Crippen molar-refractivity contribution in [3.8, 4) is 0 Å². The van der Waals surface area contributed by atoms with Gasteiger partial charge in [-0.1, -0.05) is 20.8 Å². The second-order valence-electron chi connectivity index (χ2n) is 3.14. The Labute approximate surface area is 103 Å². The molecule has 1 N–H and O–H groups in total. The maximum absolute atomic E-state index is 4.02. The molecule has 0 amide bonds. The number of rotatable bonds is 2. The van der Waals surface area contributed by atoms with Gasteiger partial charge in [-0.25, -0.2) is 0 Å². The van der Waals surface area contributed by atoms with Gasteiger partial charge in [-0.15, -0.1) is 18.6 Å². The van der Waals surface area contributed by atoms with E-state index in [1.165, 1.54) is 0 Å². The summed E-state index contributed by atoms with van der Waals surface area (Å²) >= 11 is 0. The molecule has 0 atom stereocenters. The number of nitrogens with zero attached hydrogens (tertiary/aromatic N) is 1. The van der Waals surface area contributed by atoms with Crippen molar-refractivity contribution in [2.24, 2.45) is 0 Å². The molecule has 0 radical (unpaired) electrons. The van der Waals surface area contributed by atoms with Crippen LogP contribution >= 0.6 is 0 Å². The largest absolute Gasteiger partial charge is 3.00 e. The van der Waals surface area contributed by atoms with Gasteiger partial charge in [0.15, 0.2) is 0 Å². The Morgan fingerprint density at radius 1 is 1.17 bits per heavy atom. The monoisotopic (exact) mass is 246 g/mol. The van der Waals surface area contributed by atoms with Gasteiger partial charge in [-0.05, 0) is 0 Å². The maximum atomic E-state index is 4.02. The van der Waals surface area contributed by atoms with Crippen LogP contribution in [0.2, 0.25) is 0 Å². The maximum Gasteiger partial charge on any atom is 3.00 e. The molecule has 0 heterocycles. The van der Waals surface area contributed by atoms with Gasteiger partial charge in [0.25, 0.3) is 0 Å². The molecule has 3 heteroatoms. The van der Waals surface area contributed by atoms with E-state index < -0.39 is 0 Å². The molecule has 0 fully saturated rings. The first-order chi connectivity index (χ1) is 4.97. The number of hydrogen-bond acceptors (Lipinski definition) is 1. The van der Waals surface area contributed by atoms with Crippen molar-refractivity contribution in [2.45, 2.75) is 26.3 Å².